The second kappa shape index (κ2) is 8.38. The highest BCUT2D eigenvalue weighted by Crippen LogP contribution is 2.47. The minimum absolute atomic E-state index is 0.272. The lowest BCUT2D eigenvalue weighted by atomic mass is 9.97. The Labute approximate surface area is 221 Å². The molecule has 0 bridgehead atoms. The summed E-state index contributed by atoms with van der Waals surface area (Å²) in [6, 6.07) is 39.2. The Kier molecular flexibility index (Phi) is 4.95. The number of aromatic nitrogens is 2. The Bertz CT molecular complexity index is 1770. The number of hydrogen-bond donors (Lipinski definition) is 1. The topological polar surface area (TPSA) is 44.5 Å². The molecular formula is C33H28N4O. The van der Waals surface area contributed by atoms with E-state index in [0.29, 0.717) is 6.67 Å². The molecular weight excluding hydrogens is 468 g/mol. The molecule has 186 valence electrons. The molecule has 2 aromatic heterocycles. The van der Waals surface area contributed by atoms with Gasteiger partial charge in [-0.2, -0.15) is 0 Å². The molecule has 0 radical (unpaired) electrons. The van der Waals surface area contributed by atoms with Crippen LogP contribution in [-0.4, -0.2) is 21.3 Å². The fourth-order valence-electron chi connectivity index (χ4n) is 5.79. The molecule has 3 heterocycles. The second-order valence-corrected chi connectivity index (χ2v) is 10.3. The zero-order chi connectivity index (χ0) is 25.9. The van der Waals surface area contributed by atoms with E-state index >= 15 is 0 Å². The van der Waals surface area contributed by atoms with E-state index in [9.17, 15) is 5.11 Å². The lowest BCUT2D eigenvalue weighted by molar-refractivity contribution is 0.468. The third-order valence-corrected chi connectivity index (χ3v) is 7.76. The summed E-state index contributed by atoms with van der Waals surface area (Å²) < 4.78 is 2.26. The summed E-state index contributed by atoms with van der Waals surface area (Å²) in [6.07, 6.45) is 0. The average molecular weight is 497 g/mol. The third kappa shape index (κ3) is 3.28. The van der Waals surface area contributed by atoms with Crippen LogP contribution in [0.1, 0.15) is 19.5 Å². The maximum Gasteiger partial charge on any atom is 0.139 e. The van der Waals surface area contributed by atoms with Gasteiger partial charge in [-0.05, 0) is 62.4 Å². The molecule has 1 N–H and O–H groups in total. The van der Waals surface area contributed by atoms with E-state index in [0.717, 1.165) is 39.6 Å². The number of aromatic hydroxyl groups is 1. The second-order valence-electron chi connectivity index (χ2n) is 10.3. The zero-order valence-electron chi connectivity index (χ0n) is 21.4. The highest BCUT2D eigenvalue weighted by Gasteiger charge is 2.39. The van der Waals surface area contributed by atoms with Crippen molar-refractivity contribution < 1.29 is 5.11 Å². The number of anilines is 3. The molecule has 0 saturated carbocycles. The van der Waals surface area contributed by atoms with E-state index in [1.54, 1.807) is 6.07 Å². The van der Waals surface area contributed by atoms with Gasteiger partial charge in [0.15, 0.2) is 0 Å². The molecule has 0 spiro atoms. The molecule has 0 unspecified atom stereocenters. The van der Waals surface area contributed by atoms with Crippen LogP contribution in [0.25, 0.3) is 27.6 Å². The van der Waals surface area contributed by atoms with Gasteiger partial charge in [-0.1, -0.05) is 66.7 Å². The summed E-state index contributed by atoms with van der Waals surface area (Å²) in [7, 11) is 0. The molecule has 1 aliphatic heterocycles. The summed E-state index contributed by atoms with van der Waals surface area (Å²) in [5.74, 6) is 1.17. The van der Waals surface area contributed by atoms with E-state index < -0.39 is 5.54 Å². The fraction of sp³-hybridized carbons (Fsp3) is 0.121. The van der Waals surface area contributed by atoms with Gasteiger partial charge in [-0.25, -0.2) is 4.98 Å². The van der Waals surface area contributed by atoms with Gasteiger partial charge < -0.3 is 14.9 Å². The van der Waals surface area contributed by atoms with Gasteiger partial charge in [0, 0.05) is 10.8 Å². The van der Waals surface area contributed by atoms with E-state index in [-0.39, 0.29) is 5.75 Å². The van der Waals surface area contributed by atoms with Gasteiger partial charge in [0.1, 0.15) is 11.6 Å². The predicted octanol–water partition coefficient (Wildman–Crippen LogP) is 7.74. The Morgan fingerprint density at radius 3 is 1.89 bits per heavy atom. The molecule has 1 aliphatic rings. The number of rotatable bonds is 4. The quantitative estimate of drug-likeness (QED) is 0.271. The molecule has 5 nitrogen and oxygen atoms in total. The smallest absolute Gasteiger partial charge is 0.139 e. The maximum atomic E-state index is 10.6. The van der Waals surface area contributed by atoms with Crippen molar-refractivity contribution in [3.8, 4) is 11.6 Å². The lowest BCUT2D eigenvalue weighted by Crippen LogP contribution is -2.43. The minimum atomic E-state index is -0.427. The summed E-state index contributed by atoms with van der Waals surface area (Å²) in [5.41, 5.74) is 5.83. The van der Waals surface area contributed by atoms with Crippen LogP contribution in [0.3, 0.4) is 0 Å². The number of pyridine rings is 1. The van der Waals surface area contributed by atoms with Crippen molar-refractivity contribution in [2.45, 2.75) is 19.4 Å². The number of para-hydroxylation sites is 6. The summed E-state index contributed by atoms with van der Waals surface area (Å²) in [5, 5.41) is 13.1. The molecule has 38 heavy (non-hydrogen) atoms. The number of benzene rings is 4. The van der Waals surface area contributed by atoms with Gasteiger partial charge in [-0.15, -0.1) is 0 Å². The monoisotopic (exact) mass is 496 g/mol. The fourth-order valence-corrected chi connectivity index (χ4v) is 5.79. The van der Waals surface area contributed by atoms with Crippen molar-refractivity contribution in [3.63, 3.8) is 0 Å². The molecule has 0 aliphatic carbocycles. The van der Waals surface area contributed by atoms with Crippen molar-refractivity contribution in [2.75, 3.05) is 16.5 Å². The SMILES string of the molecule is CC(C)(c1cccc(-n2c3ccccc3c3ccccc32)n1)N1CN(c2ccccc2O)c2ccccc21. The largest absolute Gasteiger partial charge is 0.506 e. The molecule has 6 aromatic rings. The molecule has 7 rings (SSSR count). The highest BCUT2D eigenvalue weighted by atomic mass is 16.3. The molecule has 0 saturated heterocycles. The molecule has 0 atom stereocenters. The first kappa shape index (κ1) is 22.4. The molecule has 0 fully saturated rings. The molecule has 0 amide bonds. The first-order chi connectivity index (χ1) is 18.5. The highest BCUT2D eigenvalue weighted by molar-refractivity contribution is 6.09. The summed E-state index contributed by atoms with van der Waals surface area (Å²) in [6.45, 7) is 5.04. The Balaban J connectivity index is 1.35. The number of hydrogen-bond acceptors (Lipinski definition) is 4. The molecule has 4 aromatic carbocycles. The van der Waals surface area contributed by atoms with E-state index in [2.05, 4.69) is 113 Å². The van der Waals surface area contributed by atoms with Gasteiger partial charge in [0.2, 0.25) is 0 Å². The van der Waals surface area contributed by atoms with Crippen LogP contribution in [0.2, 0.25) is 0 Å². The van der Waals surface area contributed by atoms with E-state index in [1.165, 1.54) is 10.8 Å². The Morgan fingerprint density at radius 2 is 1.21 bits per heavy atom. The van der Waals surface area contributed by atoms with Gasteiger partial charge in [0.25, 0.3) is 0 Å². The van der Waals surface area contributed by atoms with Crippen molar-refractivity contribution in [3.05, 3.63) is 121 Å². The summed E-state index contributed by atoms with van der Waals surface area (Å²) >= 11 is 0. The number of phenolic OH excluding ortho intramolecular Hbond substituents is 1. The van der Waals surface area contributed by atoms with E-state index in [4.69, 9.17) is 4.98 Å². The number of nitrogens with zero attached hydrogens (tertiary/aromatic N) is 4. The minimum Gasteiger partial charge on any atom is -0.506 e. The number of phenols is 1. The summed E-state index contributed by atoms with van der Waals surface area (Å²) in [4.78, 5) is 9.81. The average Bonchev–Trinajstić information content (AvgIpc) is 3.50. The van der Waals surface area contributed by atoms with Crippen molar-refractivity contribution in [2.24, 2.45) is 0 Å². The van der Waals surface area contributed by atoms with Crippen molar-refractivity contribution >= 4 is 38.9 Å². The maximum absolute atomic E-state index is 10.6. The van der Waals surface area contributed by atoms with Crippen LogP contribution in [-0.2, 0) is 5.54 Å². The van der Waals surface area contributed by atoms with Gasteiger partial charge in [0.05, 0.1) is 46.0 Å². The zero-order valence-corrected chi connectivity index (χ0v) is 21.4. The van der Waals surface area contributed by atoms with Gasteiger partial charge in [-0.3, -0.25) is 4.57 Å². The van der Waals surface area contributed by atoms with Crippen LogP contribution in [0.5, 0.6) is 5.75 Å². The third-order valence-electron chi connectivity index (χ3n) is 7.76. The lowest BCUT2D eigenvalue weighted by Gasteiger charge is -2.37. The van der Waals surface area contributed by atoms with Crippen LogP contribution < -0.4 is 9.80 Å². The standard InChI is InChI=1S/C33H28N4O/c1-33(2,36-22-35(27-16-7-8-17-28(27)36)29-18-9-10-19-30(29)38)31-20-11-21-32(34-31)37-25-14-5-3-12-23(25)24-13-4-6-15-26(24)37/h3-21,38H,22H2,1-2H3. The normalized spacial score (nSPS) is 13.4. The van der Waals surface area contributed by atoms with Crippen LogP contribution in [0, 0.1) is 0 Å². The Morgan fingerprint density at radius 1 is 0.632 bits per heavy atom. The van der Waals surface area contributed by atoms with Crippen LogP contribution in [0.15, 0.2) is 115 Å². The first-order valence-electron chi connectivity index (χ1n) is 12.9. The predicted molar refractivity (Wildman–Crippen MR) is 156 cm³/mol. The van der Waals surface area contributed by atoms with Crippen LogP contribution in [0.4, 0.5) is 17.1 Å². The van der Waals surface area contributed by atoms with Crippen molar-refractivity contribution in [1.82, 2.24) is 9.55 Å². The molecule has 5 heteroatoms. The first-order valence-corrected chi connectivity index (χ1v) is 12.9. The van der Waals surface area contributed by atoms with Crippen LogP contribution >= 0.6 is 0 Å². The van der Waals surface area contributed by atoms with Crippen molar-refractivity contribution in [1.29, 1.82) is 0 Å². The van der Waals surface area contributed by atoms with Gasteiger partial charge >= 0.3 is 0 Å². The van der Waals surface area contributed by atoms with E-state index in [1.807, 2.05) is 24.3 Å². The Hall–Kier alpha value is -4.77. The number of fused-ring (bicyclic) bond motifs is 4.